The van der Waals surface area contributed by atoms with Crippen LogP contribution in [0.3, 0.4) is 0 Å². The predicted octanol–water partition coefficient (Wildman–Crippen LogP) is 3.14. The van der Waals surface area contributed by atoms with Gasteiger partial charge < -0.3 is 0 Å². The van der Waals surface area contributed by atoms with Crippen LogP contribution in [0.2, 0.25) is 5.02 Å². The molecule has 2 aliphatic rings. The van der Waals surface area contributed by atoms with Crippen molar-refractivity contribution in [1.82, 2.24) is 14.4 Å². The highest BCUT2D eigenvalue weighted by atomic mass is 35.5. The first-order valence-corrected chi connectivity index (χ1v) is 7.89. The molecule has 3 heterocycles. The van der Waals surface area contributed by atoms with E-state index in [0.29, 0.717) is 32.5 Å². The van der Waals surface area contributed by atoms with Gasteiger partial charge in [-0.2, -0.15) is 4.98 Å². The molecule has 1 aromatic carbocycles. The van der Waals surface area contributed by atoms with Gasteiger partial charge in [0, 0.05) is 22.3 Å². The summed E-state index contributed by atoms with van der Waals surface area (Å²) >= 11 is 6.89. The van der Waals surface area contributed by atoms with Gasteiger partial charge in [-0.3, -0.25) is 14.0 Å². The SMILES string of the molecule is O=C(c1ccc(Cl)cc1)c1ccn2c3nc(=O)sc-3cnc2c1. The van der Waals surface area contributed by atoms with Crippen molar-refractivity contribution < 1.29 is 4.79 Å². The molecule has 0 aliphatic carbocycles. The third kappa shape index (κ3) is 2.42. The summed E-state index contributed by atoms with van der Waals surface area (Å²) in [7, 11) is 0. The highest BCUT2D eigenvalue weighted by Gasteiger charge is 2.15. The quantitative estimate of drug-likeness (QED) is 0.525. The van der Waals surface area contributed by atoms with Gasteiger partial charge in [0.05, 0.1) is 11.1 Å². The third-order valence-corrected chi connectivity index (χ3v) is 4.49. The average molecular weight is 342 g/mol. The van der Waals surface area contributed by atoms with E-state index in [9.17, 15) is 9.59 Å². The molecule has 112 valence electrons. The second-order valence-electron chi connectivity index (χ2n) is 4.91. The summed E-state index contributed by atoms with van der Waals surface area (Å²) in [5.74, 6) is 0.435. The average Bonchev–Trinajstić information content (AvgIpc) is 2.95. The van der Waals surface area contributed by atoms with E-state index in [1.165, 1.54) is 0 Å². The Morgan fingerprint density at radius 3 is 2.70 bits per heavy atom. The number of carbonyl (C=O) groups excluding carboxylic acids is 1. The molecule has 2 aromatic rings. The lowest BCUT2D eigenvalue weighted by atomic mass is 10.0. The van der Waals surface area contributed by atoms with Gasteiger partial charge in [0.15, 0.2) is 11.6 Å². The van der Waals surface area contributed by atoms with Crippen LogP contribution in [0.25, 0.3) is 16.3 Å². The van der Waals surface area contributed by atoms with E-state index < -0.39 is 0 Å². The molecular weight excluding hydrogens is 334 g/mol. The summed E-state index contributed by atoms with van der Waals surface area (Å²) in [6, 6.07) is 10.1. The summed E-state index contributed by atoms with van der Waals surface area (Å²) in [5.41, 5.74) is 1.62. The minimum absolute atomic E-state index is 0.117. The number of pyridine rings is 1. The lowest BCUT2D eigenvalue weighted by molar-refractivity contribution is 0.103. The van der Waals surface area contributed by atoms with E-state index in [0.717, 1.165) is 11.3 Å². The maximum Gasteiger partial charge on any atom is 0.329 e. The van der Waals surface area contributed by atoms with E-state index in [2.05, 4.69) is 9.97 Å². The second-order valence-corrected chi connectivity index (χ2v) is 6.34. The number of benzene rings is 1. The number of nitrogens with zero attached hydrogens (tertiary/aromatic N) is 3. The first kappa shape index (κ1) is 14.0. The molecule has 0 radical (unpaired) electrons. The Bertz CT molecular complexity index is 1070. The van der Waals surface area contributed by atoms with Crippen LogP contribution in [-0.4, -0.2) is 20.2 Å². The van der Waals surface area contributed by atoms with Gasteiger partial charge in [0.25, 0.3) is 0 Å². The first-order chi connectivity index (χ1) is 11.1. The molecule has 5 nitrogen and oxygen atoms in total. The topological polar surface area (TPSA) is 64.3 Å². The highest BCUT2D eigenvalue weighted by Crippen LogP contribution is 2.23. The molecule has 0 spiro atoms. The molecule has 0 saturated carbocycles. The van der Waals surface area contributed by atoms with Crippen LogP contribution in [0.5, 0.6) is 0 Å². The number of hydrogen-bond acceptors (Lipinski definition) is 5. The molecule has 23 heavy (non-hydrogen) atoms. The zero-order chi connectivity index (χ0) is 16.0. The smallest absolute Gasteiger partial charge is 0.289 e. The van der Waals surface area contributed by atoms with Gasteiger partial charge in [-0.15, -0.1) is 0 Å². The number of thiazole rings is 1. The molecule has 0 saturated heterocycles. The predicted molar refractivity (Wildman–Crippen MR) is 88.6 cm³/mol. The standard InChI is InChI=1S/C16H8ClN3O2S/c17-11-3-1-9(2-4-11)14(21)10-5-6-20-13(7-10)18-8-12-15(20)19-16(22)23-12/h1-8H. The van der Waals surface area contributed by atoms with Gasteiger partial charge in [-0.25, -0.2) is 4.98 Å². The van der Waals surface area contributed by atoms with Gasteiger partial charge in [0.2, 0.25) is 0 Å². The summed E-state index contributed by atoms with van der Waals surface area (Å²) in [6.07, 6.45) is 3.30. The maximum absolute atomic E-state index is 12.5. The molecule has 0 N–H and O–H groups in total. The molecule has 7 heteroatoms. The molecule has 0 fully saturated rings. The molecule has 0 amide bonds. The number of aromatic nitrogens is 3. The first-order valence-electron chi connectivity index (χ1n) is 6.70. The lowest BCUT2D eigenvalue weighted by Crippen LogP contribution is -2.05. The zero-order valence-electron chi connectivity index (χ0n) is 11.6. The Morgan fingerprint density at radius 1 is 1.13 bits per heavy atom. The van der Waals surface area contributed by atoms with Crippen molar-refractivity contribution in [2.45, 2.75) is 0 Å². The minimum atomic E-state index is -0.261. The van der Waals surface area contributed by atoms with Gasteiger partial charge >= 0.3 is 4.87 Å². The fourth-order valence-electron chi connectivity index (χ4n) is 2.36. The van der Waals surface area contributed by atoms with Crippen molar-refractivity contribution in [3.63, 3.8) is 0 Å². The van der Waals surface area contributed by atoms with Crippen molar-refractivity contribution in [2.75, 3.05) is 0 Å². The van der Waals surface area contributed by atoms with E-state index >= 15 is 0 Å². The van der Waals surface area contributed by atoms with Gasteiger partial charge in [0.1, 0.15) is 5.65 Å². The van der Waals surface area contributed by atoms with Crippen molar-refractivity contribution in [1.29, 1.82) is 0 Å². The van der Waals surface area contributed by atoms with Crippen molar-refractivity contribution in [3.05, 3.63) is 74.6 Å². The molecular formula is C16H8ClN3O2S. The van der Waals surface area contributed by atoms with Crippen LogP contribution in [0.1, 0.15) is 15.9 Å². The van der Waals surface area contributed by atoms with Crippen LogP contribution in [0, 0.1) is 0 Å². The molecule has 1 aromatic heterocycles. The summed E-state index contributed by atoms with van der Waals surface area (Å²) in [4.78, 5) is 32.7. The van der Waals surface area contributed by atoms with Crippen LogP contribution in [0.4, 0.5) is 0 Å². The maximum atomic E-state index is 12.5. The Balaban J connectivity index is 1.84. The number of ketones is 1. The zero-order valence-corrected chi connectivity index (χ0v) is 13.1. The van der Waals surface area contributed by atoms with Crippen molar-refractivity contribution in [3.8, 4) is 10.7 Å². The Hall–Kier alpha value is -2.57. The molecule has 0 unspecified atom stereocenters. The van der Waals surface area contributed by atoms with Crippen LogP contribution < -0.4 is 4.87 Å². The minimum Gasteiger partial charge on any atom is -0.289 e. The van der Waals surface area contributed by atoms with E-state index in [4.69, 9.17) is 11.6 Å². The number of fused-ring (bicyclic) bond motifs is 3. The lowest BCUT2D eigenvalue weighted by Gasteiger charge is -2.07. The van der Waals surface area contributed by atoms with Crippen molar-refractivity contribution in [2.24, 2.45) is 0 Å². The Labute approximate surface area is 139 Å². The number of carbonyl (C=O) groups is 1. The Morgan fingerprint density at radius 2 is 1.91 bits per heavy atom. The van der Waals surface area contributed by atoms with E-state index in [-0.39, 0.29) is 10.7 Å². The van der Waals surface area contributed by atoms with Gasteiger partial charge in [-0.05, 0) is 36.4 Å². The number of halogens is 1. The van der Waals surface area contributed by atoms with Crippen LogP contribution in [-0.2, 0) is 0 Å². The third-order valence-electron chi connectivity index (χ3n) is 3.46. The Kier molecular flexibility index (Phi) is 3.21. The molecule has 2 aliphatic heterocycles. The molecule has 4 rings (SSSR count). The monoisotopic (exact) mass is 341 g/mol. The van der Waals surface area contributed by atoms with Crippen LogP contribution in [0.15, 0.2) is 53.6 Å². The largest absolute Gasteiger partial charge is 0.329 e. The molecule has 0 bridgehead atoms. The normalized spacial score (nSPS) is 11.2. The number of rotatable bonds is 2. The van der Waals surface area contributed by atoms with Crippen molar-refractivity contribution >= 4 is 34.4 Å². The van der Waals surface area contributed by atoms with Gasteiger partial charge in [-0.1, -0.05) is 22.9 Å². The van der Waals surface area contributed by atoms with E-state index in [1.807, 2.05) is 0 Å². The van der Waals surface area contributed by atoms with Crippen LogP contribution >= 0.6 is 22.9 Å². The number of hydrogen-bond donors (Lipinski definition) is 0. The molecule has 0 atom stereocenters. The highest BCUT2D eigenvalue weighted by molar-refractivity contribution is 7.12. The fraction of sp³-hybridized carbons (Fsp3) is 0. The fourth-order valence-corrected chi connectivity index (χ4v) is 3.15. The summed E-state index contributed by atoms with van der Waals surface area (Å²) < 4.78 is 1.70. The second kappa shape index (κ2) is 5.26. The summed E-state index contributed by atoms with van der Waals surface area (Å²) in [5, 5.41) is 0.580. The summed E-state index contributed by atoms with van der Waals surface area (Å²) in [6.45, 7) is 0. The van der Waals surface area contributed by atoms with E-state index in [1.54, 1.807) is 53.2 Å².